The molecule has 27 heavy (non-hydrogen) atoms. The predicted octanol–water partition coefficient (Wildman–Crippen LogP) is 2.85. The highest BCUT2D eigenvalue weighted by molar-refractivity contribution is 5.97. The Morgan fingerprint density at radius 1 is 1.04 bits per heavy atom. The van der Waals surface area contributed by atoms with E-state index < -0.39 is 5.54 Å². The van der Waals surface area contributed by atoms with Crippen LogP contribution in [-0.2, 0) is 4.79 Å². The summed E-state index contributed by atoms with van der Waals surface area (Å²) < 4.78 is 0. The van der Waals surface area contributed by atoms with Gasteiger partial charge in [0, 0.05) is 16.9 Å². The van der Waals surface area contributed by atoms with E-state index in [1.807, 2.05) is 26.0 Å². The van der Waals surface area contributed by atoms with Gasteiger partial charge < -0.3 is 21.1 Å². The van der Waals surface area contributed by atoms with Gasteiger partial charge in [0.25, 0.3) is 5.91 Å². The van der Waals surface area contributed by atoms with Crippen molar-refractivity contribution in [1.82, 2.24) is 5.32 Å². The molecule has 0 saturated carbocycles. The highest BCUT2D eigenvalue weighted by Gasteiger charge is 2.19. The molecule has 0 fully saturated rings. The number of hydrogen-bond donors (Lipinski definition) is 4. The lowest BCUT2D eigenvalue weighted by Crippen LogP contribution is -2.46. The van der Waals surface area contributed by atoms with Crippen molar-refractivity contribution in [2.75, 3.05) is 23.8 Å². The number of aliphatic hydroxyl groups is 1. The molecule has 2 rings (SSSR count). The van der Waals surface area contributed by atoms with Crippen molar-refractivity contribution in [2.24, 2.45) is 0 Å². The number of anilines is 2. The fourth-order valence-electron chi connectivity index (χ4n) is 2.52. The molecule has 0 heterocycles. The van der Waals surface area contributed by atoms with Gasteiger partial charge in [-0.2, -0.15) is 0 Å². The zero-order chi connectivity index (χ0) is 20.0. The molecule has 2 aromatic carbocycles. The zero-order valence-electron chi connectivity index (χ0n) is 16.2. The average Bonchev–Trinajstić information content (AvgIpc) is 2.61. The summed E-state index contributed by atoms with van der Waals surface area (Å²) in [5.74, 6) is -0.447. The molecule has 0 aromatic heterocycles. The van der Waals surface area contributed by atoms with Crippen molar-refractivity contribution < 1.29 is 14.7 Å². The molecule has 0 aliphatic carbocycles. The smallest absolute Gasteiger partial charge is 0.251 e. The Bertz CT molecular complexity index is 814. The van der Waals surface area contributed by atoms with Gasteiger partial charge in [0.1, 0.15) is 0 Å². The van der Waals surface area contributed by atoms with Crippen molar-refractivity contribution in [1.29, 1.82) is 0 Å². The molecule has 0 spiro atoms. The van der Waals surface area contributed by atoms with E-state index in [-0.39, 0.29) is 25.0 Å². The summed E-state index contributed by atoms with van der Waals surface area (Å²) >= 11 is 0. The third kappa shape index (κ3) is 6.11. The first-order chi connectivity index (χ1) is 12.7. The first-order valence-electron chi connectivity index (χ1n) is 8.84. The number of carbonyl (C=O) groups is 2. The minimum Gasteiger partial charge on any atom is -0.394 e. The number of benzene rings is 2. The molecule has 6 heteroatoms. The topological polar surface area (TPSA) is 90.5 Å². The lowest BCUT2D eigenvalue weighted by Gasteiger charge is -2.23. The zero-order valence-corrected chi connectivity index (χ0v) is 16.2. The number of aryl methyl sites for hydroxylation is 2. The average molecular weight is 369 g/mol. The van der Waals surface area contributed by atoms with Crippen LogP contribution in [0.1, 0.15) is 35.3 Å². The van der Waals surface area contributed by atoms with Crippen molar-refractivity contribution >= 4 is 23.2 Å². The summed E-state index contributed by atoms with van der Waals surface area (Å²) in [6.45, 7) is 7.50. The minimum absolute atomic E-state index is 0.150. The minimum atomic E-state index is -0.691. The first-order valence-corrected chi connectivity index (χ1v) is 8.84. The molecule has 0 saturated heterocycles. The number of aliphatic hydroxyl groups excluding tert-OH is 1. The second-order valence-electron chi connectivity index (χ2n) is 7.29. The van der Waals surface area contributed by atoms with Crippen LogP contribution in [0.4, 0.5) is 11.4 Å². The summed E-state index contributed by atoms with van der Waals surface area (Å²) in [5.41, 5.74) is 3.57. The standard InChI is InChI=1S/C21H27N3O3/c1-14-5-10-18(15(2)11-14)22-12-19(26)23-17-8-6-16(7-9-17)20(27)24-21(3,4)13-25/h5-11,22,25H,12-13H2,1-4H3,(H,23,26)(H,24,27). The molecule has 0 aliphatic heterocycles. The molecular weight excluding hydrogens is 342 g/mol. The Morgan fingerprint density at radius 2 is 1.70 bits per heavy atom. The van der Waals surface area contributed by atoms with E-state index in [9.17, 15) is 14.7 Å². The third-order valence-electron chi connectivity index (χ3n) is 4.10. The number of nitrogens with one attached hydrogen (secondary N) is 3. The summed E-state index contributed by atoms with van der Waals surface area (Å²) in [7, 11) is 0. The monoisotopic (exact) mass is 369 g/mol. The van der Waals surface area contributed by atoms with Crippen LogP contribution < -0.4 is 16.0 Å². The van der Waals surface area contributed by atoms with Gasteiger partial charge >= 0.3 is 0 Å². The van der Waals surface area contributed by atoms with E-state index in [2.05, 4.69) is 22.0 Å². The third-order valence-corrected chi connectivity index (χ3v) is 4.10. The van der Waals surface area contributed by atoms with Crippen LogP contribution in [0.25, 0.3) is 0 Å². The van der Waals surface area contributed by atoms with Crippen LogP contribution in [0.15, 0.2) is 42.5 Å². The summed E-state index contributed by atoms with van der Waals surface area (Å²) in [4.78, 5) is 24.3. The van der Waals surface area contributed by atoms with Crippen molar-refractivity contribution in [2.45, 2.75) is 33.2 Å². The maximum Gasteiger partial charge on any atom is 0.251 e. The highest BCUT2D eigenvalue weighted by Crippen LogP contribution is 2.16. The van der Waals surface area contributed by atoms with Gasteiger partial charge in [-0.05, 0) is 63.6 Å². The van der Waals surface area contributed by atoms with Crippen molar-refractivity contribution in [3.63, 3.8) is 0 Å². The molecule has 0 aliphatic rings. The first kappa shape index (κ1) is 20.5. The van der Waals surface area contributed by atoms with E-state index in [4.69, 9.17) is 0 Å². The number of carbonyl (C=O) groups excluding carboxylic acids is 2. The molecule has 2 amide bonds. The van der Waals surface area contributed by atoms with Crippen LogP contribution in [0.5, 0.6) is 0 Å². The second kappa shape index (κ2) is 8.68. The second-order valence-corrected chi connectivity index (χ2v) is 7.29. The van der Waals surface area contributed by atoms with Gasteiger partial charge in [0.15, 0.2) is 0 Å². The van der Waals surface area contributed by atoms with Crippen molar-refractivity contribution in [3.05, 3.63) is 59.2 Å². The Hall–Kier alpha value is -2.86. The molecule has 0 radical (unpaired) electrons. The Kier molecular flexibility index (Phi) is 6.58. The normalized spacial score (nSPS) is 11.0. The van der Waals surface area contributed by atoms with E-state index >= 15 is 0 Å². The van der Waals surface area contributed by atoms with Gasteiger partial charge in [0.05, 0.1) is 18.7 Å². The summed E-state index contributed by atoms with van der Waals surface area (Å²) in [6, 6.07) is 12.6. The Morgan fingerprint density at radius 3 is 2.30 bits per heavy atom. The van der Waals surface area contributed by atoms with E-state index in [0.717, 1.165) is 11.3 Å². The highest BCUT2D eigenvalue weighted by atomic mass is 16.3. The maximum absolute atomic E-state index is 12.1. The quantitative estimate of drug-likeness (QED) is 0.604. The fraction of sp³-hybridized carbons (Fsp3) is 0.333. The van der Waals surface area contributed by atoms with Gasteiger partial charge in [-0.15, -0.1) is 0 Å². The lowest BCUT2D eigenvalue weighted by molar-refractivity contribution is -0.114. The molecule has 0 unspecified atom stereocenters. The molecule has 0 bridgehead atoms. The van der Waals surface area contributed by atoms with Gasteiger partial charge in [-0.1, -0.05) is 17.7 Å². The number of rotatable bonds is 7. The number of hydrogen-bond acceptors (Lipinski definition) is 4. The molecule has 144 valence electrons. The van der Waals surface area contributed by atoms with Crippen LogP contribution in [0.2, 0.25) is 0 Å². The molecule has 6 nitrogen and oxygen atoms in total. The van der Waals surface area contributed by atoms with E-state index in [0.29, 0.717) is 11.3 Å². The predicted molar refractivity (Wildman–Crippen MR) is 108 cm³/mol. The summed E-state index contributed by atoms with van der Waals surface area (Å²) in [6.07, 6.45) is 0. The van der Waals surface area contributed by atoms with Crippen LogP contribution >= 0.6 is 0 Å². The van der Waals surface area contributed by atoms with Crippen molar-refractivity contribution in [3.8, 4) is 0 Å². The molecule has 2 aromatic rings. The fourth-order valence-corrected chi connectivity index (χ4v) is 2.52. The van der Waals surface area contributed by atoms with E-state index in [1.165, 1.54) is 5.56 Å². The Labute approximate surface area is 160 Å². The van der Waals surface area contributed by atoms with Crippen LogP contribution in [0, 0.1) is 13.8 Å². The Balaban J connectivity index is 1.90. The van der Waals surface area contributed by atoms with E-state index in [1.54, 1.807) is 38.1 Å². The molecular formula is C21H27N3O3. The largest absolute Gasteiger partial charge is 0.394 e. The molecule has 0 atom stereocenters. The van der Waals surface area contributed by atoms with Gasteiger partial charge in [-0.3, -0.25) is 9.59 Å². The SMILES string of the molecule is Cc1ccc(NCC(=O)Nc2ccc(C(=O)NC(C)(C)CO)cc2)c(C)c1. The van der Waals surface area contributed by atoms with Crippen LogP contribution in [-0.4, -0.2) is 35.6 Å². The lowest BCUT2D eigenvalue weighted by atomic mass is 10.1. The number of amides is 2. The van der Waals surface area contributed by atoms with Gasteiger partial charge in [-0.25, -0.2) is 0 Å². The molecule has 4 N–H and O–H groups in total. The summed E-state index contributed by atoms with van der Waals surface area (Å²) in [5, 5.41) is 17.9. The van der Waals surface area contributed by atoms with Gasteiger partial charge in [0.2, 0.25) is 5.91 Å². The maximum atomic E-state index is 12.1. The van der Waals surface area contributed by atoms with Crippen LogP contribution in [0.3, 0.4) is 0 Å².